The SMILES string of the molecule is ClCCCOOCCCCl. The van der Waals surface area contributed by atoms with Crippen molar-refractivity contribution in [2.75, 3.05) is 25.0 Å². The molecule has 0 bridgehead atoms. The lowest BCUT2D eigenvalue weighted by molar-refractivity contribution is -0.293. The minimum absolute atomic E-state index is 0.561. The number of rotatable bonds is 7. The van der Waals surface area contributed by atoms with Crippen LogP contribution in [0.4, 0.5) is 0 Å². The van der Waals surface area contributed by atoms with Gasteiger partial charge in [-0.05, 0) is 12.8 Å². The number of alkyl halides is 2. The van der Waals surface area contributed by atoms with Crippen LogP contribution in [0, 0.1) is 0 Å². The molecule has 0 spiro atoms. The topological polar surface area (TPSA) is 18.5 Å². The van der Waals surface area contributed by atoms with Crippen molar-refractivity contribution in [3.63, 3.8) is 0 Å². The van der Waals surface area contributed by atoms with Crippen molar-refractivity contribution in [3.8, 4) is 0 Å². The molecule has 0 atom stereocenters. The van der Waals surface area contributed by atoms with Crippen LogP contribution in [0.1, 0.15) is 12.8 Å². The molecular formula is C6H12Cl2O2. The van der Waals surface area contributed by atoms with E-state index in [1.54, 1.807) is 0 Å². The molecule has 0 fully saturated rings. The van der Waals surface area contributed by atoms with E-state index in [1.165, 1.54) is 0 Å². The summed E-state index contributed by atoms with van der Waals surface area (Å²) in [5.74, 6) is 1.22. The van der Waals surface area contributed by atoms with Gasteiger partial charge in [-0.15, -0.1) is 23.2 Å². The highest BCUT2D eigenvalue weighted by molar-refractivity contribution is 6.18. The van der Waals surface area contributed by atoms with Crippen molar-refractivity contribution in [2.45, 2.75) is 12.8 Å². The Morgan fingerprint density at radius 2 is 1.20 bits per heavy atom. The minimum atomic E-state index is 0.561. The average Bonchev–Trinajstić information content (AvgIpc) is 1.97. The van der Waals surface area contributed by atoms with Crippen molar-refractivity contribution in [1.29, 1.82) is 0 Å². The lowest BCUT2D eigenvalue weighted by atomic mass is 10.5. The molecule has 0 heterocycles. The molecule has 0 aliphatic heterocycles. The third-order valence-electron chi connectivity index (χ3n) is 0.806. The Labute approximate surface area is 71.3 Å². The molecule has 0 rings (SSSR count). The lowest BCUT2D eigenvalue weighted by Gasteiger charge is -2.00. The first kappa shape index (κ1) is 10.5. The van der Waals surface area contributed by atoms with Crippen LogP contribution in [0.2, 0.25) is 0 Å². The summed E-state index contributed by atoms with van der Waals surface area (Å²) in [7, 11) is 0. The maximum Gasteiger partial charge on any atom is 0.0833 e. The van der Waals surface area contributed by atoms with E-state index in [9.17, 15) is 0 Å². The molecular weight excluding hydrogens is 175 g/mol. The highest BCUT2D eigenvalue weighted by Crippen LogP contribution is 1.90. The first-order valence-electron chi connectivity index (χ1n) is 3.28. The normalized spacial score (nSPS) is 10.2. The van der Waals surface area contributed by atoms with E-state index in [0.29, 0.717) is 25.0 Å². The van der Waals surface area contributed by atoms with Crippen LogP contribution in [-0.2, 0) is 9.78 Å². The lowest BCUT2D eigenvalue weighted by Crippen LogP contribution is -1.99. The molecule has 4 heteroatoms. The molecule has 0 aliphatic carbocycles. The summed E-state index contributed by atoms with van der Waals surface area (Å²) in [4.78, 5) is 9.47. The summed E-state index contributed by atoms with van der Waals surface area (Å²) >= 11 is 10.8. The van der Waals surface area contributed by atoms with Gasteiger partial charge in [0.15, 0.2) is 0 Å². The highest BCUT2D eigenvalue weighted by atomic mass is 35.5. The van der Waals surface area contributed by atoms with Crippen molar-refractivity contribution in [3.05, 3.63) is 0 Å². The molecule has 0 aliphatic rings. The fourth-order valence-electron chi connectivity index (χ4n) is 0.345. The third-order valence-corrected chi connectivity index (χ3v) is 1.34. The van der Waals surface area contributed by atoms with Crippen LogP contribution in [0.3, 0.4) is 0 Å². The van der Waals surface area contributed by atoms with Crippen molar-refractivity contribution < 1.29 is 9.78 Å². The molecule has 0 saturated heterocycles. The van der Waals surface area contributed by atoms with E-state index in [-0.39, 0.29) is 0 Å². The first-order valence-corrected chi connectivity index (χ1v) is 4.35. The molecule has 0 aromatic heterocycles. The van der Waals surface area contributed by atoms with Crippen LogP contribution in [0.5, 0.6) is 0 Å². The summed E-state index contributed by atoms with van der Waals surface area (Å²) < 4.78 is 0. The van der Waals surface area contributed by atoms with E-state index in [4.69, 9.17) is 33.0 Å². The second-order valence-electron chi connectivity index (χ2n) is 1.73. The standard InChI is InChI=1S/C6H12Cl2O2/c7-3-1-5-9-10-6-2-4-8/h1-6H2. The Bertz CT molecular complexity index is 53.7. The summed E-state index contributed by atoms with van der Waals surface area (Å²) in [6, 6.07) is 0. The van der Waals surface area contributed by atoms with Gasteiger partial charge in [0.2, 0.25) is 0 Å². The zero-order valence-electron chi connectivity index (χ0n) is 5.82. The van der Waals surface area contributed by atoms with Gasteiger partial charge in [-0.25, -0.2) is 9.78 Å². The van der Waals surface area contributed by atoms with Gasteiger partial charge in [-0.1, -0.05) is 0 Å². The quantitative estimate of drug-likeness (QED) is 0.263. The van der Waals surface area contributed by atoms with Crippen LogP contribution in [0.15, 0.2) is 0 Å². The van der Waals surface area contributed by atoms with Crippen molar-refractivity contribution >= 4 is 23.2 Å². The molecule has 0 aromatic rings. The molecule has 0 N–H and O–H groups in total. The first-order chi connectivity index (χ1) is 4.91. The van der Waals surface area contributed by atoms with Crippen LogP contribution in [-0.4, -0.2) is 25.0 Å². The molecule has 0 saturated carbocycles. The minimum Gasteiger partial charge on any atom is -0.237 e. The van der Waals surface area contributed by atoms with Crippen molar-refractivity contribution in [2.24, 2.45) is 0 Å². The summed E-state index contributed by atoms with van der Waals surface area (Å²) in [5, 5.41) is 0. The molecule has 0 aromatic carbocycles. The van der Waals surface area contributed by atoms with Gasteiger partial charge in [-0.3, -0.25) is 0 Å². The summed E-state index contributed by atoms with van der Waals surface area (Å²) in [6.07, 6.45) is 1.64. The number of hydrogen-bond acceptors (Lipinski definition) is 2. The zero-order valence-corrected chi connectivity index (χ0v) is 7.33. The third kappa shape index (κ3) is 8.50. The van der Waals surface area contributed by atoms with Gasteiger partial charge < -0.3 is 0 Å². The monoisotopic (exact) mass is 186 g/mol. The van der Waals surface area contributed by atoms with Gasteiger partial charge in [0, 0.05) is 11.8 Å². The molecule has 10 heavy (non-hydrogen) atoms. The summed E-state index contributed by atoms with van der Waals surface area (Å²) in [6.45, 7) is 1.12. The predicted octanol–water partition coefficient (Wildman–Crippen LogP) is 2.19. The largest absolute Gasteiger partial charge is 0.237 e. The predicted molar refractivity (Wildman–Crippen MR) is 42.6 cm³/mol. The second-order valence-corrected chi connectivity index (χ2v) is 2.48. The fraction of sp³-hybridized carbons (Fsp3) is 1.00. The molecule has 0 radical (unpaired) electrons. The highest BCUT2D eigenvalue weighted by Gasteiger charge is 1.87. The van der Waals surface area contributed by atoms with Gasteiger partial charge in [0.25, 0.3) is 0 Å². The van der Waals surface area contributed by atoms with Gasteiger partial charge in [0.1, 0.15) is 0 Å². The molecule has 2 nitrogen and oxygen atoms in total. The van der Waals surface area contributed by atoms with Crippen LogP contribution in [0.25, 0.3) is 0 Å². The molecule has 0 unspecified atom stereocenters. The van der Waals surface area contributed by atoms with Crippen LogP contribution < -0.4 is 0 Å². The van der Waals surface area contributed by atoms with E-state index >= 15 is 0 Å². The zero-order chi connectivity index (χ0) is 7.66. The van der Waals surface area contributed by atoms with Gasteiger partial charge in [0.05, 0.1) is 13.2 Å². The van der Waals surface area contributed by atoms with E-state index in [2.05, 4.69) is 0 Å². The Kier molecular flexibility index (Phi) is 9.97. The Morgan fingerprint density at radius 1 is 0.800 bits per heavy atom. The van der Waals surface area contributed by atoms with Gasteiger partial charge in [-0.2, -0.15) is 0 Å². The fourth-order valence-corrected chi connectivity index (χ4v) is 0.563. The number of halogens is 2. The maximum atomic E-state index is 5.38. The Balaban J connectivity index is 2.65. The second kappa shape index (κ2) is 9.50. The Morgan fingerprint density at radius 3 is 1.50 bits per heavy atom. The van der Waals surface area contributed by atoms with Crippen LogP contribution >= 0.6 is 23.2 Å². The van der Waals surface area contributed by atoms with Crippen molar-refractivity contribution in [1.82, 2.24) is 0 Å². The maximum absolute atomic E-state index is 5.38. The Hall–Kier alpha value is 0.500. The smallest absolute Gasteiger partial charge is 0.0833 e. The van der Waals surface area contributed by atoms with E-state index < -0.39 is 0 Å². The van der Waals surface area contributed by atoms with Gasteiger partial charge >= 0.3 is 0 Å². The molecule has 62 valence electrons. The summed E-state index contributed by atoms with van der Waals surface area (Å²) in [5.41, 5.74) is 0. The molecule has 0 amide bonds. The number of hydrogen-bond donors (Lipinski definition) is 0. The van der Waals surface area contributed by atoms with E-state index in [1.807, 2.05) is 0 Å². The van der Waals surface area contributed by atoms with E-state index in [0.717, 1.165) is 12.8 Å². The average molecular weight is 187 g/mol.